The van der Waals surface area contributed by atoms with E-state index in [4.69, 9.17) is 10.2 Å². The molecule has 2 amide bonds. The van der Waals surface area contributed by atoms with Crippen molar-refractivity contribution in [1.82, 2.24) is 10.2 Å². The van der Waals surface area contributed by atoms with E-state index in [1.165, 1.54) is 0 Å². The van der Waals surface area contributed by atoms with Crippen LogP contribution >= 0.6 is 0 Å². The Morgan fingerprint density at radius 3 is 2.40 bits per heavy atom. The van der Waals surface area contributed by atoms with Crippen LogP contribution in [-0.4, -0.2) is 52.9 Å². The molecule has 0 aromatic rings. The molecule has 0 aliphatic heterocycles. The number of hydrogen-bond donors (Lipinski definition) is 3. The third-order valence-corrected chi connectivity index (χ3v) is 3.92. The maximum Gasteiger partial charge on any atom is 0.317 e. The van der Waals surface area contributed by atoms with E-state index in [2.05, 4.69) is 5.32 Å². The number of aliphatic carboxylic acids is 1. The molecule has 3 N–H and O–H groups in total. The van der Waals surface area contributed by atoms with Crippen LogP contribution in [0.4, 0.5) is 4.79 Å². The van der Waals surface area contributed by atoms with Crippen LogP contribution in [0.15, 0.2) is 0 Å². The van der Waals surface area contributed by atoms with Crippen LogP contribution in [-0.2, 0) is 4.79 Å². The van der Waals surface area contributed by atoms with Crippen LogP contribution in [0.2, 0.25) is 0 Å². The summed E-state index contributed by atoms with van der Waals surface area (Å²) in [6.45, 7) is 0.798. The quantitative estimate of drug-likeness (QED) is 0.591. The van der Waals surface area contributed by atoms with Gasteiger partial charge in [0.15, 0.2) is 0 Å². The van der Waals surface area contributed by atoms with E-state index in [0.29, 0.717) is 6.54 Å². The second-order valence-corrected chi connectivity index (χ2v) is 5.69. The molecule has 0 aromatic carbocycles. The zero-order valence-electron chi connectivity index (χ0n) is 12.2. The molecule has 1 fully saturated rings. The Labute approximate surface area is 120 Å². The Morgan fingerprint density at radius 2 is 1.85 bits per heavy atom. The van der Waals surface area contributed by atoms with Crippen LogP contribution < -0.4 is 5.32 Å². The smallest absolute Gasteiger partial charge is 0.317 e. The van der Waals surface area contributed by atoms with Gasteiger partial charge in [-0.1, -0.05) is 12.8 Å². The van der Waals surface area contributed by atoms with E-state index < -0.39 is 11.5 Å². The van der Waals surface area contributed by atoms with Crippen molar-refractivity contribution in [3.05, 3.63) is 0 Å². The van der Waals surface area contributed by atoms with Crippen LogP contribution in [0.1, 0.15) is 51.4 Å². The molecule has 0 spiro atoms. The standard InChI is InChI=1S/C14H26N2O4/c1-16(9-5-2-6-10-17)13(20)15-14(11-12(18)19)7-3-4-8-14/h17H,2-11H2,1H3,(H,15,20)(H,18,19). The predicted molar refractivity (Wildman–Crippen MR) is 75.6 cm³/mol. The monoisotopic (exact) mass is 286 g/mol. The number of urea groups is 1. The van der Waals surface area contributed by atoms with E-state index in [0.717, 1.165) is 44.9 Å². The molecule has 1 aliphatic carbocycles. The van der Waals surface area contributed by atoms with Crippen molar-refractivity contribution in [2.45, 2.75) is 56.9 Å². The first-order valence-corrected chi connectivity index (χ1v) is 7.35. The molecule has 1 aliphatic rings. The third-order valence-electron chi connectivity index (χ3n) is 3.92. The van der Waals surface area contributed by atoms with Crippen molar-refractivity contribution >= 4 is 12.0 Å². The van der Waals surface area contributed by atoms with Crippen LogP contribution in [0.3, 0.4) is 0 Å². The Hall–Kier alpha value is -1.30. The number of aliphatic hydroxyl groups excluding tert-OH is 1. The van der Waals surface area contributed by atoms with Crippen molar-refractivity contribution in [3.8, 4) is 0 Å². The van der Waals surface area contributed by atoms with Gasteiger partial charge >= 0.3 is 12.0 Å². The molecule has 6 heteroatoms. The lowest BCUT2D eigenvalue weighted by Gasteiger charge is -2.31. The van der Waals surface area contributed by atoms with Gasteiger partial charge in [-0.2, -0.15) is 0 Å². The lowest BCUT2D eigenvalue weighted by atomic mass is 9.93. The fraction of sp³-hybridized carbons (Fsp3) is 0.857. The second kappa shape index (κ2) is 8.09. The molecule has 0 aromatic heterocycles. The number of aliphatic hydroxyl groups is 1. The molecule has 0 radical (unpaired) electrons. The van der Waals surface area contributed by atoms with Gasteiger partial charge in [0.25, 0.3) is 0 Å². The van der Waals surface area contributed by atoms with Crippen molar-refractivity contribution in [1.29, 1.82) is 0 Å². The average Bonchev–Trinajstić information content (AvgIpc) is 2.81. The lowest BCUT2D eigenvalue weighted by Crippen LogP contribution is -2.52. The van der Waals surface area contributed by atoms with Crippen LogP contribution in [0.5, 0.6) is 0 Å². The molecular formula is C14H26N2O4. The minimum absolute atomic E-state index is 0.00288. The van der Waals surface area contributed by atoms with Gasteiger partial charge in [-0.15, -0.1) is 0 Å². The zero-order valence-corrected chi connectivity index (χ0v) is 12.2. The highest BCUT2D eigenvalue weighted by molar-refractivity contribution is 5.76. The van der Waals surface area contributed by atoms with E-state index in [1.54, 1.807) is 11.9 Å². The summed E-state index contributed by atoms with van der Waals surface area (Å²) >= 11 is 0. The van der Waals surface area contributed by atoms with Gasteiger partial charge in [-0.3, -0.25) is 4.79 Å². The molecule has 116 valence electrons. The van der Waals surface area contributed by atoms with E-state index in [1.807, 2.05) is 0 Å². The summed E-state index contributed by atoms with van der Waals surface area (Å²) in [7, 11) is 1.72. The molecule has 1 saturated carbocycles. The van der Waals surface area contributed by atoms with Crippen molar-refractivity contribution < 1.29 is 19.8 Å². The highest BCUT2D eigenvalue weighted by atomic mass is 16.4. The summed E-state index contributed by atoms with van der Waals surface area (Å²) < 4.78 is 0. The second-order valence-electron chi connectivity index (χ2n) is 5.69. The fourth-order valence-corrected chi connectivity index (χ4v) is 2.75. The Bertz CT molecular complexity index is 327. The molecule has 1 rings (SSSR count). The highest BCUT2D eigenvalue weighted by Crippen LogP contribution is 2.32. The average molecular weight is 286 g/mol. The van der Waals surface area contributed by atoms with Gasteiger partial charge in [0, 0.05) is 20.2 Å². The Balaban J connectivity index is 2.43. The van der Waals surface area contributed by atoms with Gasteiger partial charge in [0.05, 0.1) is 12.0 Å². The largest absolute Gasteiger partial charge is 0.481 e. The molecule has 0 heterocycles. The Morgan fingerprint density at radius 1 is 1.20 bits per heavy atom. The van der Waals surface area contributed by atoms with E-state index in [9.17, 15) is 9.59 Å². The molecule has 0 unspecified atom stereocenters. The van der Waals surface area contributed by atoms with Crippen LogP contribution in [0, 0.1) is 0 Å². The van der Waals surface area contributed by atoms with Crippen molar-refractivity contribution in [2.24, 2.45) is 0 Å². The number of nitrogens with one attached hydrogen (secondary N) is 1. The lowest BCUT2D eigenvalue weighted by molar-refractivity contribution is -0.138. The number of carboxylic acid groups (broad SMARTS) is 1. The van der Waals surface area contributed by atoms with E-state index in [-0.39, 0.29) is 19.1 Å². The van der Waals surface area contributed by atoms with Gasteiger partial charge in [-0.05, 0) is 32.1 Å². The number of hydrogen-bond acceptors (Lipinski definition) is 3. The fourth-order valence-electron chi connectivity index (χ4n) is 2.75. The SMILES string of the molecule is CN(CCCCCO)C(=O)NC1(CC(=O)O)CCCC1. The summed E-state index contributed by atoms with van der Waals surface area (Å²) in [5.41, 5.74) is -0.567. The number of nitrogens with zero attached hydrogens (tertiary/aromatic N) is 1. The molecule has 0 bridgehead atoms. The number of carboxylic acids is 1. The zero-order chi connectivity index (χ0) is 15.0. The number of unbranched alkanes of at least 4 members (excludes halogenated alkanes) is 2. The van der Waals surface area contributed by atoms with Gasteiger partial charge < -0.3 is 20.4 Å². The van der Waals surface area contributed by atoms with Crippen molar-refractivity contribution in [2.75, 3.05) is 20.2 Å². The Kier molecular flexibility index (Phi) is 6.78. The number of amides is 2. The van der Waals surface area contributed by atoms with Crippen molar-refractivity contribution in [3.63, 3.8) is 0 Å². The molecule has 0 saturated heterocycles. The van der Waals surface area contributed by atoms with Crippen LogP contribution in [0.25, 0.3) is 0 Å². The minimum atomic E-state index is -0.863. The first kappa shape index (κ1) is 16.8. The normalized spacial score (nSPS) is 16.9. The first-order chi connectivity index (χ1) is 9.49. The molecule has 0 atom stereocenters. The topological polar surface area (TPSA) is 89.9 Å². The van der Waals surface area contributed by atoms with Gasteiger partial charge in [-0.25, -0.2) is 4.79 Å². The maximum absolute atomic E-state index is 12.1. The summed E-state index contributed by atoms with van der Waals surface area (Å²) in [5.74, 6) is -0.863. The van der Waals surface area contributed by atoms with Gasteiger partial charge in [0.1, 0.15) is 0 Å². The number of rotatable bonds is 8. The van der Waals surface area contributed by atoms with Gasteiger partial charge in [0.2, 0.25) is 0 Å². The summed E-state index contributed by atoms with van der Waals surface area (Å²) in [6, 6.07) is -0.197. The summed E-state index contributed by atoms with van der Waals surface area (Å²) in [4.78, 5) is 24.7. The number of carbonyl (C=O) groups excluding carboxylic acids is 1. The first-order valence-electron chi connectivity index (χ1n) is 7.35. The summed E-state index contributed by atoms with van der Waals surface area (Å²) in [5, 5.41) is 20.6. The molecule has 6 nitrogen and oxygen atoms in total. The maximum atomic E-state index is 12.1. The summed E-state index contributed by atoms with van der Waals surface area (Å²) in [6.07, 6.45) is 5.88. The van der Waals surface area contributed by atoms with E-state index >= 15 is 0 Å². The minimum Gasteiger partial charge on any atom is -0.481 e. The number of carbonyl (C=O) groups is 2. The molecule has 20 heavy (non-hydrogen) atoms. The third kappa shape index (κ3) is 5.36. The molecular weight excluding hydrogens is 260 g/mol. The predicted octanol–water partition coefficient (Wildman–Crippen LogP) is 1.58. The highest BCUT2D eigenvalue weighted by Gasteiger charge is 2.37.